The van der Waals surface area contributed by atoms with Gasteiger partial charge in [0.2, 0.25) is 0 Å². The second-order valence-electron chi connectivity index (χ2n) is 5.30. The lowest BCUT2D eigenvalue weighted by Gasteiger charge is -2.36. The van der Waals surface area contributed by atoms with Crippen LogP contribution in [0.1, 0.15) is 59.3 Å². The minimum Gasteiger partial charge on any atom is -0.389 e. The summed E-state index contributed by atoms with van der Waals surface area (Å²) < 4.78 is 0. The van der Waals surface area contributed by atoms with Crippen LogP contribution >= 0.6 is 0 Å². The summed E-state index contributed by atoms with van der Waals surface area (Å²) in [6.45, 7) is 7.47. The lowest BCUT2D eigenvalue weighted by atomic mass is 9.79. The van der Waals surface area contributed by atoms with Crippen LogP contribution in [0.15, 0.2) is 0 Å². The summed E-state index contributed by atoms with van der Waals surface area (Å²) in [7, 11) is 0. The predicted molar refractivity (Wildman–Crippen MR) is 65.0 cm³/mol. The van der Waals surface area contributed by atoms with Crippen LogP contribution in [0.2, 0.25) is 0 Å². The van der Waals surface area contributed by atoms with Crippen molar-refractivity contribution in [2.75, 3.05) is 6.54 Å². The molecule has 0 aromatic rings. The third-order valence-electron chi connectivity index (χ3n) is 3.91. The Hall–Kier alpha value is -0.0800. The predicted octanol–water partition coefficient (Wildman–Crippen LogP) is 2.71. The molecule has 0 aliphatic heterocycles. The van der Waals surface area contributed by atoms with Crippen LogP contribution in [0.5, 0.6) is 0 Å². The Balaban J connectivity index is 2.30. The second kappa shape index (κ2) is 5.86. The number of hydrogen-bond acceptors (Lipinski definition) is 2. The van der Waals surface area contributed by atoms with E-state index in [2.05, 4.69) is 26.1 Å². The summed E-state index contributed by atoms with van der Waals surface area (Å²) in [4.78, 5) is 0. The Labute approximate surface area is 94.5 Å². The van der Waals surface area contributed by atoms with Crippen molar-refractivity contribution in [1.82, 2.24) is 5.32 Å². The second-order valence-corrected chi connectivity index (χ2v) is 5.30. The van der Waals surface area contributed by atoms with Crippen molar-refractivity contribution >= 4 is 0 Å². The summed E-state index contributed by atoms with van der Waals surface area (Å²) in [6, 6.07) is 0.577. The number of rotatable bonds is 5. The molecule has 1 aliphatic carbocycles. The molecule has 0 aromatic heterocycles. The van der Waals surface area contributed by atoms with E-state index in [0.717, 1.165) is 38.1 Å². The van der Waals surface area contributed by atoms with Gasteiger partial charge in [-0.05, 0) is 44.4 Å². The van der Waals surface area contributed by atoms with Crippen LogP contribution in [0.4, 0.5) is 0 Å². The number of hydrogen-bond donors (Lipinski definition) is 2. The number of nitrogens with one attached hydrogen (secondary N) is 1. The van der Waals surface area contributed by atoms with Gasteiger partial charge >= 0.3 is 0 Å². The molecule has 0 spiro atoms. The summed E-state index contributed by atoms with van der Waals surface area (Å²) in [5.41, 5.74) is -0.422. The fraction of sp³-hybridized carbons (Fsp3) is 1.00. The summed E-state index contributed by atoms with van der Waals surface area (Å²) in [6.07, 6.45) is 6.62. The van der Waals surface area contributed by atoms with Gasteiger partial charge in [-0.2, -0.15) is 0 Å². The molecule has 1 saturated carbocycles. The Morgan fingerprint density at radius 1 is 1.27 bits per heavy atom. The van der Waals surface area contributed by atoms with Crippen LogP contribution in [0.3, 0.4) is 0 Å². The largest absolute Gasteiger partial charge is 0.389 e. The SMILES string of the molecule is CCC(CC)NCC1(O)CCC(C)CC1. The highest BCUT2D eigenvalue weighted by Crippen LogP contribution is 2.31. The lowest BCUT2D eigenvalue weighted by molar-refractivity contribution is -0.00832. The highest BCUT2D eigenvalue weighted by Gasteiger charge is 2.31. The van der Waals surface area contributed by atoms with E-state index in [1.54, 1.807) is 0 Å². The Morgan fingerprint density at radius 2 is 1.80 bits per heavy atom. The van der Waals surface area contributed by atoms with Crippen molar-refractivity contribution in [3.63, 3.8) is 0 Å². The molecule has 0 heterocycles. The van der Waals surface area contributed by atoms with E-state index in [9.17, 15) is 5.11 Å². The molecule has 0 atom stereocenters. The molecule has 2 N–H and O–H groups in total. The van der Waals surface area contributed by atoms with E-state index < -0.39 is 5.60 Å². The van der Waals surface area contributed by atoms with E-state index in [1.807, 2.05) is 0 Å². The summed E-state index contributed by atoms with van der Waals surface area (Å²) in [5.74, 6) is 0.804. The monoisotopic (exact) mass is 213 g/mol. The number of aliphatic hydroxyl groups is 1. The summed E-state index contributed by atoms with van der Waals surface area (Å²) in [5, 5.41) is 13.9. The van der Waals surface area contributed by atoms with Gasteiger partial charge in [-0.15, -0.1) is 0 Å². The van der Waals surface area contributed by atoms with Crippen LogP contribution in [0, 0.1) is 5.92 Å². The Morgan fingerprint density at radius 3 is 2.27 bits per heavy atom. The zero-order valence-electron chi connectivity index (χ0n) is 10.6. The van der Waals surface area contributed by atoms with Crippen LogP contribution < -0.4 is 5.32 Å². The van der Waals surface area contributed by atoms with Gasteiger partial charge in [0.15, 0.2) is 0 Å². The van der Waals surface area contributed by atoms with Crippen molar-refractivity contribution in [1.29, 1.82) is 0 Å². The van der Waals surface area contributed by atoms with E-state index in [4.69, 9.17) is 0 Å². The third kappa shape index (κ3) is 4.12. The molecule has 2 nitrogen and oxygen atoms in total. The molecule has 1 rings (SSSR count). The van der Waals surface area contributed by atoms with Crippen molar-refractivity contribution in [3.8, 4) is 0 Å². The standard InChI is InChI=1S/C13H27NO/c1-4-12(5-2)14-10-13(15)8-6-11(3)7-9-13/h11-12,14-15H,4-10H2,1-3H3. The highest BCUT2D eigenvalue weighted by atomic mass is 16.3. The first kappa shape index (κ1) is 13.0. The maximum atomic E-state index is 10.4. The Kier molecular flexibility index (Phi) is 5.07. The van der Waals surface area contributed by atoms with Gasteiger partial charge in [-0.3, -0.25) is 0 Å². The van der Waals surface area contributed by atoms with Crippen LogP contribution in [0.25, 0.3) is 0 Å². The van der Waals surface area contributed by atoms with Crippen LogP contribution in [-0.2, 0) is 0 Å². The minimum atomic E-state index is -0.422. The maximum absolute atomic E-state index is 10.4. The zero-order chi connectivity index (χ0) is 11.3. The average Bonchev–Trinajstić information content (AvgIpc) is 2.25. The van der Waals surface area contributed by atoms with E-state index in [1.165, 1.54) is 12.8 Å². The van der Waals surface area contributed by atoms with Gasteiger partial charge in [0.1, 0.15) is 0 Å². The van der Waals surface area contributed by atoms with Gasteiger partial charge < -0.3 is 10.4 Å². The summed E-state index contributed by atoms with van der Waals surface area (Å²) >= 11 is 0. The molecule has 0 radical (unpaired) electrons. The molecule has 1 fully saturated rings. The van der Waals surface area contributed by atoms with E-state index >= 15 is 0 Å². The first-order valence-corrected chi connectivity index (χ1v) is 6.55. The first-order valence-electron chi connectivity index (χ1n) is 6.55. The van der Waals surface area contributed by atoms with Gasteiger partial charge in [-0.25, -0.2) is 0 Å². The van der Waals surface area contributed by atoms with Crippen LogP contribution in [-0.4, -0.2) is 23.3 Å². The fourth-order valence-corrected chi connectivity index (χ4v) is 2.39. The highest BCUT2D eigenvalue weighted by molar-refractivity contribution is 4.87. The van der Waals surface area contributed by atoms with Gasteiger partial charge in [0.25, 0.3) is 0 Å². The molecule has 90 valence electrons. The third-order valence-corrected chi connectivity index (χ3v) is 3.91. The smallest absolute Gasteiger partial charge is 0.0771 e. The molecular weight excluding hydrogens is 186 g/mol. The fourth-order valence-electron chi connectivity index (χ4n) is 2.39. The minimum absolute atomic E-state index is 0.422. The molecule has 2 heteroatoms. The maximum Gasteiger partial charge on any atom is 0.0771 e. The zero-order valence-corrected chi connectivity index (χ0v) is 10.6. The molecule has 0 amide bonds. The van der Waals surface area contributed by atoms with Crippen molar-refractivity contribution < 1.29 is 5.11 Å². The molecule has 0 aromatic carbocycles. The lowest BCUT2D eigenvalue weighted by Crippen LogP contribution is -2.46. The topological polar surface area (TPSA) is 32.3 Å². The molecule has 0 unspecified atom stereocenters. The first-order chi connectivity index (χ1) is 7.09. The Bertz CT molecular complexity index is 169. The molecule has 0 bridgehead atoms. The van der Waals surface area contributed by atoms with E-state index in [-0.39, 0.29) is 0 Å². The average molecular weight is 213 g/mol. The van der Waals surface area contributed by atoms with Crippen molar-refractivity contribution in [2.45, 2.75) is 70.9 Å². The van der Waals surface area contributed by atoms with Crippen molar-refractivity contribution in [3.05, 3.63) is 0 Å². The van der Waals surface area contributed by atoms with Crippen molar-refractivity contribution in [2.24, 2.45) is 5.92 Å². The molecule has 15 heavy (non-hydrogen) atoms. The molecular formula is C13H27NO. The van der Waals surface area contributed by atoms with Gasteiger partial charge in [0, 0.05) is 12.6 Å². The van der Waals surface area contributed by atoms with Gasteiger partial charge in [-0.1, -0.05) is 20.8 Å². The normalized spacial score (nSPS) is 32.2. The molecule has 0 saturated heterocycles. The quantitative estimate of drug-likeness (QED) is 0.736. The van der Waals surface area contributed by atoms with E-state index in [0.29, 0.717) is 6.04 Å². The molecule has 1 aliphatic rings. The van der Waals surface area contributed by atoms with Gasteiger partial charge in [0.05, 0.1) is 5.60 Å².